The topological polar surface area (TPSA) is 29.1 Å². The third-order valence-corrected chi connectivity index (χ3v) is 4.75. The van der Waals surface area contributed by atoms with Crippen molar-refractivity contribution in [3.8, 4) is 0 Å². The highest BCUT2D eigenvalue weighted by Crippen LogP contribution is 2.62. The highest BCUT2D eigenvalue weighted by atomic mass is 16.2. The number of rotatable bonds is 3. The fraction of sp³-hybridized carbons (Fsp3) is 0.929. The summed E-state index contributed by atoms with van der Waals surface area (Å²) in [6.45, 7) is 9.73. The van der Waals surface area contributed by atoms with Gasteiger partial charge in [-0.1, -0.05) is 27.2 Å². The molecule has 0 aromatic heterocycles. The Morgan fingerprint density at radius 2 is 2.00 bits per heavy atom. The van der Waals surface area contributed by atoms with Gasteiger partial charge in [-0.3, -0.25) is 4.79 Å². The molecule has 1 N–H and O–H groups in total. The summed E-state index contributed by atoms with van der Waals surface area (Å²) in [6.07, 6.45) is 2.65. The molecule has 5 atom stereocenters. The molecule has 0 heterocycles. The second kappa shape index (κ2) is 4.38. The first-order chi connectivity index (χ1) is 7.57. The van der Waals surface area contributed by atoms with Crippen molar-refractivity contribution in [2.75, 3.05) is 6.54 Å². The van der Waals surface area contributed by atoms with E-state index in [-0.39, 0.29) is 0 Å². The minimum Gasteiger partial charge on any atom is -0.356 e. The van der Waals surface area contributed by atoms with Crippen LogP contribution in [-0.4, -0.2) is 12.5 Å². The Bertz CT molecular complexity index is 274. The average Bonchev–Trinajstić information content (AvgIpc) is 2.94. The van der Waals surface area contributed by atoms with E-state index in [9.17, 15) is 4.79 Å². The van der Waals surface area contributed by atoms with Gasteiger partial charge in [-0.25, -0.2) is 0 Å². The van der Waals surface area contributed by atoms with Gasteiger partial charge in [0.1, 0.15) is 0 Å². The monoisotopic (exact) mass is 223 g/mol. The molecule has 0 radical (unpaired) electrons. The van der Waals surface area contributed by atoms with Gasteiger partial charge >= 0.3 is 0 Å². The van der Waals surface area contributed by atoms with E-state index in [2.05, 4.69) is 26.1 Å². The van der Waals surface area contributed by atoms with Crippen LogP contribution in [0.5, 0.6) is 0 Å². The van der Waals surface area contributed by atoms with Gasteiger partial charge < -0.3 is 5.32 Å². The lowest BCUT2D eigenvalue weighted by Gasteiger charge is -2.28. The lowest BCUT2D eigenvalue weighted by atomic mass is 9.77. The lowest BCUT2D eigenvalue weighted by molar-refractivity contribution is -0.123. The highest BCUT2D eigenvalue weighted by molar-refractivity contribution is 5.82. The Morgan fingerprint density at radius 1 is 1.31 bits per heavy atom. The van der Waals surface area contributed by atoms with Gasteiger partial charge in [0.15, 0.2) is 0 Å². The molecular formula is C14H25NO. The number of carbonyl (C=O) groups excluding carboxylic acids is 1. The van der Waals surface area contributed by atoms with E-state index in [0.717, 1.165) is 24.3 Å². The minimum atomic E-state index is 0.317. The van der Waals surface area contributed by atoms with Crippen LogP contribution < -0.4 is 5.32 Å². The smallest absolute Gasteiger partial charge is 0.223 e. The van der Waals surface area contributed by atoms with Crippen LogP contribution in [0.4, 0.5) is 0 Å². The standard InChI is InChI=1S/C14H25NO/c1-5-15-14(16)13-11-9(4)6-7-10(8(2)3)12(11)13/h8-13H,5-7H2,1-4H3,(H,15,16). The summed E-state index contributed by atoms with van der Waals surface area (Å²) in [5.74, 6) is 4.31. The van der Waals surface area contributed by atoms with Gasteiger partial charge in [-0.2, -0.15) is 0 Å². The molecule has 0 bridgehead atoms. The zero-order chi connectivity index (χ0) is 11.9. The number of carbonyl (C=O) groups is 1. The number of fused-ring (bicyclic) bond motifs is 1. The number of nitrogens with one attached hydrogen (secondary N) is 1. The van der Waals surface area contributed by atoms with Crippen molar-refractivity contribution in [1.29, 1.82) is 0 Å². The predicted octanol–water partition coefficient (Wildman–Crippen LogP) is 2.69. The Hall–Kier alpha value is -0.530. The third-order valence-electron chi connectivity index (χ3n) is 4.75. The lowest BCUT2D eigenvalue weighted by Crippen LogP contribution is -2.26. The molecule has 2 aliphatic carbocycles. The molecule has 1 amide bonds. The molecule has 2 heteroatoms. The van der Waals surface area contributed by atoms with Crippen LogP contribution in [0.3, 0.4) is 0 Å². The minimum absolute atomic E-state index is 0.317. The fourth-order valence-electron chi connectivity index (χ4n) is 3.90. The van der Waals surface area contributed by atoms with Crippen LogP contribution in [0, 0.1) is 35.5 Å². The van der Waals surface area contributed by atoms with Crippen molar-refractivity contribution in [3.05, 3.63) is 0 Å². The van der Waals surface area contributed by atoms with Gasteiger partial charge in [0.25, 0.3) is 0 Å². The van der Waals surface area contributed by atoms with Crippen LogP contribution in [0.15, 0.2) is 0 Å². The molecule has 2 saturated carbocycles. The van der Waals surface area contributed by atoms with Crippen molar-refractivity contribution in [3.63, 3.8) is 0 Å². The van der Waals surface area contributed by atoms with Crippen LogP contribution in [0.1, 0.15) is 40.5 Å². The molecule has 5 unspecified atom stereocenters. The molecule has 2 aliphatic rings. The molecule has 0 spiro atoms. The molecule has 0 aliphatic heterocycles. The Labute approximate surface area is 99.2 Å². The molecule has 2 nitrogen and oxygen atoms in total. The molecule has 0 saturated heterocycles. The SMILES string of the molecule is CCNC(=O)C1C2C(C)CCC(C(C)C)C12. The summed E-state index contributed by atoms with van der Waals surface area (Å²) in [5.41, 5.74) is 0. The zero-order valence-corrected chi connectivity index (χ0v) is 11.0. The quantitative estimate of drug-likeness (QED) is 0.783. The van der Waals surface area contributed by atoms with E-state index < -0.39 is 0 Å². The van der Waals surface area contributed by atoms with Gasteiger partial charge in [0, 0.05) is 12.5 Å². The summed E-state index contributed by atoms with van der Waals surface area (Å²) in [7, 11) is 0. The van der Waals surface area contributed by atoms with Gasteiger partial charge in [-0.15, -0.1) is 0 Å². The van der Waals surface area contributed by atoms with Crippen molar-refractivity contribution in [2.45, 2.75) is 40.5 Å². The molecule has 0 aromatic rings. The molecule has 2 fully saturated rings. The summed E-state index contributed by atoms with van der Waals surface area (Å²) in [4.78, 5) is 12.0. The average molecular weight is 223 g/mol. The second-order valence-electron chi connectivity index (χ2n) is 6.04. The molecule has 0 aromatic carbocycles. The van der Waals surface area contributed by atoms with Gasteiger partial charge in [0.05, 0.1) is 0 Å². The van der Waals surface area contributed by atoms with Gasteiger partial charge in [-0.05, 0) is 42.9 Å². The van der Waals surface area contributed by atoms with Crippen LogP contribution >= 0.6 is 0 Å². The van der Waals surface area contributed by atoms with E-state index in [4.69, 9.17) is 0 Å². The van der Waals surface area contributed by atoms with Crippen LogP contribution in [-0.2, 0) is 4.79 Å². The maximum absolute atomic E-state index is 12.0. The van der Waals surface area contributed by atoms with Gasteiger partial charge in [0.2, 0.25) is 5.91 Å². The van der Waals surface area contributed by atoms with Crippen molar-refractivity contribution >= 4 is 5.91 Å². The Balaban J connectivity index is 2.05. The third kappa shape index (κ3) is 1.87. The van der Waals surface area contributed by atoms with E-state index in [1.54, 1.807) is 0 Å². The molecule has 92 valence electrons. The maximum atomic E-state index is 12.0. The molecule has 16 heavy (non-hydrogen) atoms. The van der Waals surface area contributed by atoms with E-state index >= 15 is 0 Å². The first-order valence-corrected chi connectivity index (χ1v) is 6.85. The Kier molecular flexibility index (Phi) is 3.27. The number of hydrogen-bond donors (Lipinski definition) is 1. The zero-order valence-electron chi connectivity index (χ0n) is 11.0. The largest absolute Gasteiger partial charge is 0.356 e. The number of hydrogen-bond acceptors (Lipinski definition) is 1. The van der Waals surface area contributed by atoms with Crippen molar-refractivity contribution in [1.82, 2.24) is 5.32 Å². The summed E-state index contributed by atoms with van der Waals surface area (Å²) in [6, 6.07) is 0. The van der Waals surface area contributed by atoms with E-state index in [1.807, 2.05) is 6.92 Å². The van der Waals surface area contributed by atoms with Crippen LogP contribution in [0.25, 0.3) is 0 Å². The van der Waals surface area contributed by atoms with Crippen molar-refractivity contribution in [2.24, 2.45) is 35.5 Å². The fourth-order valence-corrected chi connectivity index (χ4v) is 3.90. The van der Waals surface area contributed by atoms with Crippen LogP contribution in [0.2, 0.25) is 0 Å². The Morgan fingerprint density at radius 3 is 2.56 bits per heavy atom. The summed E-state index contributed by atoms with van der Waals surface area (Å²) < 4.78 is 0. The molecular weight excluding hydrogens is 198 g/mol. The molecule has 2 rings (SSSR count). The highest BCUT2D eigenvalue weighted by Gasteiger charge is 2.61. The first kappa shape index (κ1) is 11.9. The predicted molar refractivity (Wildman–Crippen MR) is 65.9 cm³/mol. The maximum Gasteiger partial charge on any atom is 0.223 e. The first-order valence-electron chi connectivity index (χ1n) is 6.85. The summed E-state index contributed by atoms with van der Waals surface area (Å²) >= 11 is 0. The van der Waals surface area contributed by atoms with E-state index in [0.29, 0.717) is 23.7 Å². The summed E-state index contributed by atoms with van der Waals surface area (Å²) in [5, 5.41) is 3.00. The second-order valence-corrected chi connectivity index (χ2v) is 6.04. The van der Waals surface area contributed by atoms with Crippen molar-refractivity contribution < 1.29 is 4.79 Å². The van der Waals surface area contributed by atoms with E-state index in [1.165, 1.54) is 12.8 Å². The normalized spacial score (nSPS) is 41.7. The number of amides is 1.